The van der Waals surface area contributed by atoms with E-state index in [1.165, 1.54) is 11.1 Å². The minimum absolute atomic E-state index is 0.00279. The van der Waals surface area contributed by atoms with Gasteiger partial charge in [0.25, 0.3) is 0 Å². The van der Waals surface area contributed by atoms with Crippen molar-refractivity contribution in [1.82, 2.24) is 14.7 Å². The maximum atomic E-state index is 13.1. The third kappa shape index (κ3) is 6.45. The summed E-state index contributed by atoms with van der Waals surface area (Å²) in [7, 11) is 0. The second-order valence-corrected chi connectivity index (χ2v) is 10.0. The molecule has 37 heavy (non-hydrogen) atoms. The number of rotatable bonds is 7. The summed E-state index contributed by atoms with van der Waals surface area (Å²) in [4.78, 5) is 32.5. The molecule has 0 saturated carbocycles. The molecule has 2 aliphatic heterocycles. The molecule has 0 atom stereocenters. The number of carbonyl (C=O) groups is 2. The Hall–Kier alpha value is -3.48. The van der Waals surface area contributed by atoms with Gasteiger partial charge in [0.05, 0.1) is 12.6 Å². The summed E-state index contributed by atoms with van der Waals surface area (Å²) in [5.41, 5.74) is 3.41. The first-order chi connectivity index (χ1) is 18.2. The zero-order valence-electron chi connectivity index (χ0n) is 21.3. The normalized spacial score (nSPS) is 17.6. The number of likely N-dealkylation sites (tertiary alicyclic amines) is 1. The number of benzene rings is 3. The van der Waals surface area contributed by atoms with Gasteiger partial charge in [-0.3, -0.25) is 19.4 Å². The van der Waals surface area contributed by atoms with Crippen molar-refractivity contribution in [2.24, 2.45) is 5.92 Å². The van der Waals surface area contributed by atoms with E-state index in [0.717, 1.165) is 57.8 Å². The zero-order valence-corrected chi connectivity index (χ0v) is 21.3. The number of amides is 2. The molecule has 0 radical (unpaired) electrons. The standard InChI is InChI=1S/C31H36N4O2/c36-29(24-33-18-16-27(17-19-33)31(37)32-28-14-8-3-9-15-28)34-20-22-35(23-21-34)30(25-10-4-1-5-11-25)26-12-6-2-7-13-26/h1-15,27,30H,16-24H2,(H,32,37). The van der Waals surface area contributed by atoms with E-state index in [2.05, 4.69) is 75.8 Å². The van der Waals surface area contributed by atoms with E-state index in [0.29, 0.717) is 6.54 Å². The molecule has 192 valence electrons. The van der Waals surface area contributed by atoms with Crippen LogP contribution < -0.4 is 5.32 Å². The second-order valence-electron chi connectivity index (χ2n) is 10.0. The maximum Gasteiger partial charge on any atom is 0.236 e. The monoisotopic (exact) mass is 496 g/mol. The molecule has 0 spiro atoms. The molecule has 0 bridgehead atoms. The van der Waals surface area contributed by atoms with Crippen LogP contribution in [0, 0.1) is 5.92 Å². The van der Waals surface area contributed by atoms with Gasteiger partial charge in [-0.2, -0.15) is 0 Å². The minimum Gasteiger partial charge on any atom is -0.339 e. The van der Waals surface area contributed by atoms with Gasteiger partial charge in [0, 0.05) is 37.8 Å². The molecule has 5 rings (SSSR count). The predicted octanol–water partition coefficient (Wildman–Crippen LogP) is 4.27. The number of hydrogen-bond acceptors (Lipinski definition) is 4. The Bertz CT molecular complexity index is 1100. The Morgan fingerprint density at radius 3 is 1.76 bits per heavy atom. The fourth-order valence-electron chi connectivity index (χ4n) is 5.52. The van der Waals surface area contributed by atoms with Gasteiger partial charge < -0.3 is 10.2 Å². The molecule has 0 aliphatic carbocycles. The third-order valence-corrected chi connectivity index (χ3v) is 7.62. The van der Waals surface area contributed by atoms with E-state index in [1.807, 2.05) is 35.2 Å². The van der Waals surface area contributed by atoms with E-state index in [1.54, 1.807) is 0 Å². The summed E-state index contributed by atoms with van der Waals surface area (Å²) >= 11 is 0. The lowest BCUT2D eigenvalue weighted by molar-refractivity contribution is -0.134. The molecule has 2 heterocycles. The first kappa shape index (κ1) is 25.2. The van der Waals surface area contributed by atoms with Crippen molar-refractivity contribution in [1.29, 1.82) is 0 Å². The fourth-order valence-corrected chi connectivity index (χ4v) is 5.52. The highest BCUT2D eigenvalue weighted by atomic mass is 16.2. The summed E-state index contributed by atoms with van der Waals surface area (Å²) in [5, 5.41) is 3.02. The highest BCUT2D eigenvalue weighted by molar-refractivity contribution is 5.92. The molecule has 6 heteroatoms. The smallest absolute Gasteiger partial charge is 0.236 e. The molecule has 3 aromatic carbocycles. The molecular weight excluding hydrogens is 460 g/mol. The van der Waals surface area contributed by atoms with Gasteiger partial charge in [0.1, 0.15) is 0 Å². The van der Waals surface area contributed by atoms with Gasteiger partial charge >= 0.3 is 0 Å². The molecule has 0 unspecified atom stereocenters. The fraction of sp³-hybridized carbons (Fsp3) is 0.355. The average molecular weight is 497 g/mol. The van der Waals surface area contributed by atoms with Crippen LogP contribution in [0.3, 0.4) is 0 Å². The number of hydrogen-bond donors (Lipinski definition) is 1. The van der Waals surface area contributed by atoms with Crippen molar-refractivity contribution >= 4 is 17.5 Å². The van der Waals surface area contributed by atoms with Gasteiger partial charge in [0.15, 0.2) is 0 Å². The molecule has 0 aromatic heterocycles. The number of anilines is 1. The molecule has 2 amide bonds. The number of piperazine rings is 1. The highest BCUT2D eigenvalue weighted by Gasteiger charge is 2.30. The quantitative estimate of drug-likeness (QED) is 0.531. The van der Waals surface area contributed by atoms with Crippen LogP contribution in [0.5, 0.6) is 0 Å². The van der Waals surface area contributed by atoms with Crippen LogP contribution in [-0.2, 0) is 9.59 Å². The summed E-state index contributed by atoms with van der Waals surface area (Å²) in [5.74, 6) is 0.283. The summed E-state index contributed by atoms with van der Waals surface area (Å²) < 4.78 is 0. The third-order valence-electron chi connectivity index (χ3n) is 7.62. The first-order valence-corrected chi connectivity index (χ1v) is 13.4. The molecular formula is C31H36N4O2. The Kier molecular flexibility index (Phi) is 8.28. The lowest BCUT2D eigenvalue weighted by Crippen LogP contribution is -2.52. The van der Waals surface area contributed by atoms with Gasteiger partial charge in [-0.1, -0.05) is 78.9 Å². The molecule has 1 N–H and O–H groups in total. The number of para-hydroxylation sites is 1. The Balaban J connectivity index is 1.11. The van der Waals surface area contributed by atoms with Gasteiger partial charge in [-0.25, -0.2) is 0 Å². The largest absolute Gasteiger partial charge is 0.339 e. The van der Waals surface area contributed by atoms with Gasteiger partial charge in [0.2, 0.25) is 11.8 Å². The van der Waals surface area contributed by atoms with Gasteiger partial charge in [-0.15, -0.1) is 0 Å². The molecule has 2 aliphatic rings. The number of carbonyl (C=O) groups excluding carboxylic acids is 2. The van der Waals surface area contributed by atoms with Crippen molar-refractivity contribution in [3.8, 4) is 0 Å². The lowest BCUT2D eigenvalue weighted by Gasteiger charge is -2.40. The van der Waals surface area contributed by atoms with E-state index in [-0.39, 0.29) is 23.8 Å². The minimum atomic E-state index is 0.00279. The van der Waals surface area contributed by atoms with Crippen LogP contribution in [-0.4, -0.2) is 72.3 Å². The molecule has 2 fully saturated rings. The number of nitrogens with zero attached hydrogens (tertiary/aromatic N) is 3. The maximum absolute atomic E-state index is 13.1. The summed E-state index contributed by atoms with van der Waals surface area (Å²) in [6.45, 7) is 5.18. The van der Waals surface area contributed by atoms with E-state index < -0.39 is 0 Å². The zero-order chi connectivity index (χ0) is 25.5. The van der Waals surface area contributed by atoms with Crippen LogP contribution in [0.4, 0.5) is 5.69 Å². The average Bonchev–Trinajstić information content (AvgIpc) is 2.96. The number of piperidine rings is 1. The van der Waals surface area contributed by atoms with E-state index in [9.17, 15) is 9.59 Å². The second kappa shape index (κ2) is 12.2. The highest BCUT2D eigenvalue weighted by Crippen LogP contribution is 2.29. The van der Waals surface area contributed by atoms with Crippen LogP contribution >= 0.6 is 0 Å². The van der Waals surface area contributed by atoms with Crippen LogP contribution in [0.15, 0.2) is 91.0 Å². The van der Waals surface area contributed by atoms with Crippen LogP contribution in [0.2, 0.25) is 0 Å². The van der Waals surface area contributed by atoms with Crippen LogP contribution in [0.25, 0.3) is 0 Å². The summed E-state index contributed by atoms with van der Waals surface area (Å²) in [6.07, 6.45) is 1.57. The Labute approximate surface area is 219 Å². The Morgan fingerprint density at radius 1 is 0.703 bits per heavy atom. The SMILES string of the molecule is O=C(Nc1ccccc1)C1CCN(CC(=O)N2CCN(C(c3ccccc3)c3ccccc3)CC2)CC1. The van der Waals surface area contributed by atoms with Crippen molar-refractivity contribution in [3.05, 3.63) is 102 Å². The van der Waals surface area contributed by atoms with E-state index >= 15 is 0 Å². The Morgan fingerprint density at radius 2 is 1.22 bits per heavy atom. The first-order valence-electron chi connectivity index (χ1n) is 13.4. The lowest BCUT2D eigenvalue weighted by atomic mass is 9.95. The summed E-state index contributed by atoms with van der Waals surface area (Å²) in [6, 6.07) is 31.1. The van der Waals surface area contributed by atoms with Crippen molar-refractivity contribution in [3.63, 3.8) is 0 Å². The number of nitrogens with one attached hydrogen (secondary N) is 1. The van der Waals surface area contributed by atoms with Crippen molar-refractivity contribution in [2.45, 2.75) is 18.9 Å². The molecule has 2 saturated heterocycles. The topological polar surface area (TPSA) is 55.9 Å². The van der Waals surface area contributed by atoms with Crippen LogP contribution in [0.1, 0.15) is 30.0 Å². The molecule has 6 nitrogen and oxygen atoms in total. The van der Waals surface area contributed by atoms with Crippen molar-refractivity contribution < 1.29 is 9.59 Å². The van der Waals surface area contributed by atoms with Gasteiger partial charge in [-0.05, 0) is 49.2 Å². The predicted molar refractivity (Wildman–Crippen MR) is 147 cm³/mol. The van der Waals surface area contributed by atoms with Crippen molar-refractivity contribution in [2.75, 3.05) is 51.1 Å². The van der Waals surface area contributed by atoms with E-state index in [4.69, 9.17) is 0 Å². The molecule has 3 aromatic rings.